The molecule has 1 heterocycles. The number of hydrogen-bond acceptors (Lipinski definition) is 5. The smallest absolute Gasteiger partial charge is 0.324 e. The van der Waals surface area contributed by atoms with Gasteiger partial charge in [-0.15, -0.1) is 4.83 Å². The first-order valence-corrected chi connectivity index (χ1v) is 9.22. The molecule has 0 aromatic heterocycles. The molecule has 0 radical (unpaired) electrons. The van der Waals surface area contributed by atoms with Gasteiger partial charge in [0.25, 0.3) is 10.0 Å². The van der Waals surface area contributed by atoms with Gasteiger partial charge >= 0.3 is 11.8 Å². The van der Waals surface area contributed by atoms with Crippen molar-refractivity contribution in [1.82, 2.24) is 15.6 Å². The van der Waals surface area contributed by atoms with E-state index in [1.165, 1.54) is 24.3 Å². The van der Waals surface area contributed by atoms with Crippen molar-refractivity contribution in [2.24, 2.45) is 0 Å². The highest BCUT2D eigenvalue weighted by Crippen LogP contribution is 2.22. The van der Waals surface area contributed by atoms with Crippen LogP contribution in [0.1, 0.15) is 26.7 Å². The van der Waals surface area contributed by atoms with Crippen LogP contribution in [0.3, 0.4) is 0 Å². The first-order valence-electron chi connectivity index (χ1n) is 7.74. The molecule has 1 aliphatic heterocycles. The lowest BCUT2D eigenvalue weighted by atomic mass is 10.3. The van der Waals surface area contributed by atoms with E-state index in [1.807, 2.05) is 10.3 Å². The average molecular weight is 368 g/mol. The van der Waals surface area contributed by atoms with E-state index < -0.39 is 21.8 Å². The molecule has 0 spiro atoms. The van der Waals surface area contributed by atoms with Crippen LogP contribution in [0.15, 0.2) is 29.2 Å². The minimum absolute atomic E-state index is 0.00263. The molecule has 0 aliphatic carbocycles. The second-order valence-corrected chi connectivity index (χ2v) is 7.51. The van der Waals surface area contributed by atoms with Gasteiger partial charge in [-0.25, -0.2) is 8.42 Å². The summed E-state index contributed by atoms with van der Waals surface area (Å²) in [5, 5.41) is 2.34. The average Bonchev–Trinajstić information content (AvgIpc) is 2.98. The van der Waals surface area contributed by atoms with Gasteiger partial charge < -0.3 is 10.2 Å². The summed E-state index contributed by atoms with van der Waals surface area (Å²) < 4.78 is 24.3. The molecule has 3 amide bonds. The summed E-state index contributed by atoms with van der Waals surface area (Å²) in [5.41, 5.74) is 2.46. The summed E-state index contributed by atoms with van der Waals surface area (Å²) in [6, 6.07) is 5.43. The number of carbonyl (C=O) groups excluding carboxylic acids is 3. The number of rotatable bonds is 5. The molecule has 9 nitrogen and oxygen atoms in total. The molecule has 1 fully saturated rings. The topological polar surface area (TPSA) is 125 Å². The van der Waals surface area contributed by atoms with Crippen LogP contribution >= 0.6 is 0 Å². The fraction of sp³-hybridized carbons (Fsp3) is 0.400. The molecule has 1 saturated heterocycles. The van der Waals surface area contributed by atoms with E-state index in [9.17, 15) is 22.8 Å². The highest BCUT2D eigenvalue weighted by molar-refractivity contribution is 7.89. The Hall–Kier alpha value is -2.46. The first kappa shape index (κ1) is 18.9. The molecule has 3 N–H and O–H groups in total. The summed E-state index contributed by atoms with van der Waals surface area (Å²) in [7, 11) is -4.04. The van der Waals surface area contributed by atoms with Gasteiger partial charge in [-0.3, -0.25) is 19.8 Å². The summed E-state index contributed by atoms with van der Waals surface area (Å²) in [5.74, 6) is -2.06. The number of nitrogens with zero attached hydrogens (tertiary/aromatic N) is 1. The van der Waals surface area contributed by atoms with Crippen molar-refractivity contribution in [3.8, 4) is 0 Å². The zero-order valence-corrected chi connectivity index (χ0v) is 14.7. The number of amides is 3. The van der Waals surface area contributed by atoms with Gasteiger partial charge in [-0.05, 0) is 44.5 Å². The second-order valence-electron chi connectivity index (χ2n) is 5.83. The summed E-state index contributed by atoms with van der Waals surface area (Å²) >= 11 is 0. The Balaban J connectivity index is 2.01. The minimum Gasteiger partial charge on any atom is -0.346 e. The third kappa shape index (κ3) is 4.77. The van der Waals surface area contributed by atoms with Gasteiger partial charge in [0.15, 0.2) is 0 Å². The van der Waals surface area contributed by atoms with Gasteiger partial charge in [0, 0.05) is 24.7 Å². The normalized spacial score (nSPS) is 14.7. The van der Waals surface area contributed by atoms with Crippen molar-refractivity contribution in [2.75, 3.05) is 11.4 Å². The largest absolute Gasteiger partial charge is 0.346 e. The first-order chi connectivity index (χ1) is 11.7. The summed E-state index contributed by atoms with van der Waals surface area (Å²) in [6.45, 7) is 3.94. The number of nitrogens with one attached hydrogen (secondary N) is 3. The molecule has 2 rings (SSSR count). The van der Waals surface area contributed by atoms with Crippen LogP contribution in [-0.4, -0.2) is 38.7 Å². The monoisotopic (exact) mass is 368 g/mol. The van der Waals surface area contributed by atoms with Crippen molar-refractivity contribution >= 4 is 33.4 Å². The summed E-state index contributed by atoms with van der Waals surface area (Å²) in [6.07, 6.45) is 1.25. The van der Waals surface area contributed by atoms with E-state index >= 15 is 0 Å². The standard InChI is InChI=1S/C15H20N4O5S/c1-10(2)16-14(21)15(22)17-18-25(23,24)12-7-5-11(6-8-12)19-9-3-4-13(19)20/h5-8,10,18H,3-4,9H2,1-2H3,(H,16,21)(H,17,22). The predicted molar refractivity (Wildman–Crippen MR) is 89.8 cm³/mol. The second kappa shape index (κ2) is 7.62. The molecule has 1 aromatic rings. The Bertz CT molecular complexity index is 774. The van der Waals surface area contributed by atoms with Gasteiger partial charge in [0.2, 0.25) is 5.91 Å². The number of sulfonamides is 1. The fourth-order valence-corrected chi connectivity index (χ4v) is 3.12. The van der Waals surface area contributed by atoms with Crippen molar-refractivity contribution in [2.45, 2.75) is 37.6 Å². The van der Waals surface area contributed by atoms with Gasteiger partial charge in [-0.2, -0.15) is 0 Å². The predicted octanol–water partition coefficient (Wildman–Crippen LogP) is -0.352. The number of hydrazine groups is 1. The quantitative estimate of drug-likeness (QED) is 0.484. The zero-order chi connectivity index (χ0) is 18.6. The van der Waals surface area contributed by atoms with E-state index in [0.29, 0.717) is 18.7 Å². The van der Waals surface area contributed by atoms with Crippen LogP contribution in [-0.2, 0) is 24.4 Å². The van der Waals surface area contributed by atoms with E-state index in [2.05, 4.69) is 5.32 Å². The number of benzene rings is 1. The van der Waals surface area contributed by atoms with E-state index in [0.717, 1.165) is 6.42 Å². The van der Waals surface area contributed by atoms with Crippen molar-refractivity contribution in [3.05, 3.63) is 24.3 Å². The lowest BCUT2D eigenvalue weighted by Gasteiger charge is -2.16. The molecular formula is C15H20N4O5S. The zero-order valence-electron chi connectivity index (χ0n) is 13.9. The van der Waals surface area contributed by atoms with E-state index in [4.69, 9.17) is 0 Å². The lowest BCUT2D eigenvalue weighted by molar-refractivity contribution is -0.139. The van der Waals surface area contributed by atoms with Crippen LogP contribution < -0.4 is 20.5 Å². The van der Waals surface area contributed by atoms with Crippen LogP contribution in [0.25, 0.3) is 0 Å². The molecule has 25 heavy (non-hydrogen) atoms. The molecule has 136 valence electrons. The van der Waals surface area contributed by atoms with Crippen molar-refractivity contribution in [1.29, 1.82) is 0 Å². The highest BCUT2D eigenvalue weighted by Gasteiger charge is 2.23. The van der Waals surface area contributed by atoms with Gasteiger partial charge in [-0.1, -0.05) is 0 Å². The fourth-order valence-electron chi connectivity index (χ4n) is 2.28. The van der Waals surface area contributed by atoms with Crippen LogP contribution in [0.4, 0.5) is 5.69 Å². The molecule has 0 atom stereocenters. The van der Waals surface area contributed by atoms with Crippen LogP contribution in [0.5, 0.6) is 0 Å². The number of anilines is 1. The Morgan fingerprint density at radius 2 is 1.76 bits per heavy atom. The lowest BCUT2D eigenvalue weighted by Crippen LogP contribution is -2.49. The van der Waals surface area contributed by atoms with Gasteiger partial charge in [0.1, 0.15) is 0 Å². The molecule has 10 heteroatoms. The van der Waals surface area contributed by atoms with E-state index in [1.54, 1.807) is 18.7 Å². The maximum atomic E-state index is 12.1. The third-order valence-electron chi connectivity index (χ3n) is 3.46. The van der Waals surface area contributed by atoms with Crippen molar-refractivity contribution < 1.29 is 22.8 Å². The Labute approximate surface area is 145 Å². The molecule has 0 bridgehead atoms. The van der Waals surface area contributed by atoms with Crippen LogP contribution in [0, 0.1) is 0 Å². The van der Waals surface area contributed by atoms with Crippen molar-refractivity contribution in [3.63, 3.8) is 0 Å². The molecular weight excluding hydrogens is 348 g/mol. The Morgan fingerprint density at radius 1 is 1.12 bits per heavy atom. The highest BCUT2D eigenvalue weighted by atomic mass is 32.2. The minimum atomic E-state index is -4.04. The molecule has 0 saturated carbocycles. The third-order valence-corrected chi connectivity index (χ3v) is 4.72. The summed E-state index contributed by atoms with van der Waals surface area (Å²) in [4.78, 5) is 38.0. The van der Waals surface area contributed by atoms with E-state index in [-0.39, 0.29) is 16.8 Å². The number of hydrogen-bond donors (Lipinski definition) is 3. The maximum absolute atomic E-state index is 12.1. The molecule has 1 aliphatic rings. The molecule has 0 unspecified atom stereocenters. The van der Waals surface area contributed by atoms with Crippen LogP contribution in [0.2, 0.25) is 0 Å². The Morgan fingerprint density at radius 3 is 2.28 bits per heavy atom. The molecule has 1 aromatic carbocycles. The maximum Gasteiger partial charge on any atom is 0.324 e. The SMILES string of the molecule is CC(C)NC(=O)C(=O)NNS(=O)(=O)c1ccc(N2CCCC2=O)cc1. The Kier molecular flexibility index (Phi) is 5.75. The van der Waals surface area contributed by atoms with Gasteiger partial charge in [0.05, 0.1) is 4.90 Å². The number of carbonyl (C=O) groups is 3.